The van der Waals surface area contributed by atoms with Crippen LogP contribution in [0.1, 0.15) is 0 Å². The first-order chi connectivity index (χ1) is 4.41. The lowest BCUT2D eigenvalue weighted by Gasteiger charge is -2.01. The molecular formula is H5IN4O4. The van der Waals surface area contributed by atoms with Gasteiger partial charge in [-0.2, -0.15) is 20.7 Å². The maximum Gasteiger partial charge on any atom is 0.139 e. The van der Waals surface area contributed by atoms with Crippen LogP contribution < -0.4 is 22.8 Å². The third-order valence-corrected chi connectivity index (χ3v) is 0.426. The van der Waals surface area contributed by atoms with Crippen molar-refractivity contribution in [3.63, 3.8) is 0 Å². The van der Waals surface area contributed by atoms with E-state index in [-0.39, 0.29) is 0 Å². The molecule has 0 heterocycles. The Bertz CT molecular complexity index is 45.8. The summed E-state index contributed by atoms with van der Waals surface area (Å²) in [7, 11) is 0. The minimum Gasteiger partial charge on any atom is -0.206 e. The van der Waals surface area contributed by atoms with Gasteiger partial charge >= 0.3 is 0 Å². The second kappa shape index (κ2) is 8.41. The van der Waals surface area contributed by atoms with Gasteiger partial charge in [-0.3, -0.25) is 0 Å². The molecule has 0 spiro atoms. The van der Waals surface area contributed by atoms with Crippen LogP contribution in [0.15, 0.2) is 0 Å². The molecule has 0 aromatic rings. The van der Waals surface area contributed by atoms with Crippen LogP contribution in [0, 0.1) is 0 Å². The van der Waals surface area contributed by atoms with Crippen molar-refractivity contribution in [2.75, 3.05) is 0 Å². The fourth-order valence-electron chi connectivity index (χ4n) is 0.0947. The van der Waals surface area contributed by atoms with E-state index < -0.39 is 0 Å². The summed E-state index contributed by atoms with van der Waals surface area (Å²) in [5, 5.41) is 0. The van der Waals surface area contributed by atoms with Gasteiger partial charge in [-0.15, -0.1) is 0 Å². The second-order valence-corrected chi connectivity index (χ2v) is 1.09. The zero-order valence-electron chi connectivity index (χ0n) is 4.09. The summed E-state index contributed by atoms with van der Waals surface area (Å²) in [5.41, 5.74) is 5.50. The molecule has 0 radical (unpaired) electrons. The molecule has 0 aliphatic carbocycles. The molecule has 0 amide bonds. The standard InChI is InChI=1S/H5IN4O4/c1-6-3-8-5-9-4-7-2/h3-5H,2H2. The Hall–Kier alpha value is 0.410. The van der Waals surface area contributed by atoms with E-state index in [9.17, 15) is 0 Å². The highest BCUT2D eigenvalue weighted by molar-refractivity contribution is 14.1. The third-order valence-electron chi connectivity index (χ3n) is 0.246. The molecule has 0 aliphatic heterocycles. The van der Waals surface area contributed by atoms with Crippen molar-refractivity contribution < 1.29 is 18.0 Å². The Kier molecular flexibility index (Phi) is 8.79. The van der Waals surface area contributed by atoms with Crippen molar-refractivity contribution in [2.45, 2.75) is 0 Å². The Balaban J connectivity index is 2.60. The van der Waals surface area contributed by atoms with Crippen LogP contribution in [0.4, 0.5) is 0 Å². The molecule has 56 valence electrons. The first kappa shape index (κ1) is 9.41. The van der Waals surface area contributed by atoms with Gasteiger partial charge in [0, 0.05) is 0 Å². The largest absolute Gasteiger partial charge is 0.206 e. The molecule has 0 saturated carbocycles. The van der Waals surface area contributed by atoms with Crippen molar-refractivity contribution >= 4 is 23.0 Å². The smallest absolute Gasteiger partial charge is 0.139 e. The van der Waals surface area contributed by atoms with E-state index in [0.29, 0.717) is 0 Å². The van der Waals surface area contributed by atoms with Crippen molar-refractivity contribution in [3.8, 4) is 0 Å². The molecule has 5 N–H and O–H groups in total. The van der Waals surface area contributed by atoms with Crippen molar-refractivity contribution in [1.82, 2.24) is 16.9 Å². The molecule has 0 atom stereocenters. The van der Waals surface area contributed by atoms with E-state index in [1.165, 1.54) is 0 Å². The molecule has 0 unspecified atom stereocenters. The van der Waals surface area contributed by atoms with Gasteiger partial charge in [-0.05, 0) is 16.9 Å². The first-order valence-electron chi connectivity index (χ1n) is 1.61. The maximum atomic E-state index is 4.46. The SMILES string of the molecule is NONONONOI. The normalized spacial score (nSPS) is 10.0. The molecule has 0 rings (SSSR count). The highest BCUT2D eigenvalue weighted by atomic mass is 127. The lowest BCUT2D eigenvalue weighted by molar-refractivity contribution is -0.328. The highest BCUT2D eigenvalue weighted by Gasteiger charge is 1.81. The summed E-state index contributed by atoms with van der Waals surface area (Å²) in [4.78, 5) is 11.9. The predicted molar refractivity (Wildman–Crippen MR) is 32.0 cm³/mol. The zero-order chi connectivity index (χ0) is 6.95. The Morgan fingerprint density at radius 2 is 1.78 bits per heavy atom. The predicted octanol–water partition coefficient (Wildman–Crippen LogP) is -1.46. The summed E-state index contributed by atoms with van der Waals surface area (Å²) in [6, 6.07) is 0. The van der Waals surface area contributed by atoms with Crippen LogP contribution in [0.2, 0.25) is 0 Å². The van der Waals surface area contributed by atoms with Gasteiger partial charge in [0.05, 0.1) is 0 Å². The van der Waals surface area contributed by atoms with E-state index in [1.807, 2.05) is 11.3 Å². The first-order valence-corrected chi connectivity index (χ1v) is 2.50. The number of nitrogens with two attached hydrogens (primary N) is 1. The van der Waals surface area contributed by atoms with Crippen LogP contribution in [0.25, 0.3) is 0 Å². The minimum absolute atomic E-state index is 1.54. The lowest BCUT2D eigenvalue weighted by atomic mass is 12.9. The fraction of sp³-hybridized carbons (Fsp3) is 0. The molecule has 0 aromatic carbocycles. The molecule has 8 nitrogen and oxygen atoms in total. The van der Waals surface area contributed by atoms with Crippen LogP contribution in [-0.2, 0) is 18.0 Å². The van der Waals surface area contributed by atoms with E-state index >= 15 is 0 Å². The maximum absolute atomic E-state index is 4.46. The molecule has 0 bridgehead atoms. The molecule has 0 aliphatic rings. The van der Waals surface area contributed by atoms with Crippen LogP contribution in [0.5, 0.6) is 0 Å². The van der Waals surface area contributed by atoms with Crippen LogP contribution in [0.3, 0.4) is 0 Å². The number of halogens is 1. The van der Waals surface area contributed by atoms with Crippen molar-refractivity contribution in [3.05, 3.63) is 0 Å². The molecule has 9 heavy (non-hydrogen) atoms. The fourth-order valence-corrected chi connectivity index (χ4v) is 0.185. The molecule has 0 aromatic heterocycles. The molecule has 0 saturated heterocycles. The van der Waals surface area contributed by atoms with E-state index in [2.05, 4.69) is 23.9 Å². The van der Waals surface area contributed by atoms with E-state index in [4.69, 9.17) is 0 Å². The van der Waals surface area contributed by atoms with Crippen LogP contribution >= 0.6 is 23.0 Å². The average Bonchev–Trinajstić information content (AvgIpc) is 1.89. The van der Waals surface area contributed by atoms with Gasteiger partial charge in [0.25, 0.3) is 0 Å². The number of hydrogen-bond acceptors (Lipinski definition) is 8. The molecule has 9 heteroatoms. The van der Waals surface area contributed by atoms with Gasteiger partial charge in [0.1, 0.15) is 23.0 Å². The quantitative estimate of drug-likeness (QED) is 0.258. The summed E-state index contributed by atoms with van der Waals surface area (Å²) < 4.78 is 4.18. The van der Waals surface area contributed by atoms with Gasteiger partial charge in [-0.1, -0.05) is 0 Å². The minimum atomic E-state index is 1.54. The number of hydrogen-bond donors (Lipinski definition) is 4. The zero-order valence-corrected chi connectivity index (χ0v) is 6.25. The number of nitrogens with one attached hydrogen (secondary N) is 3. The Morgan fingerprint density at radius 3 is 2.33 bits per heavy atom. The van der Waals surface area contributed by atoms with Gasteiger partial charge in [0.2, 0.25) is 0 Å². The van der Waals surface area contributed by atoms with Crippen molar-refractivity contribution in [2.24, 2.45) is 5.90 Å². The van der Waals surface area contributed by atoms with Crippen molar-refractivity contribution in [1.29, 1.82) is 0 Å². The topological polar surface area (TPSA) is 99.0 Å². The Labute approximate surface area is 64.3 Å². The molecular weight excluding hydrogens is 247 g/mol. The Morgan fingerprint density at radius 1 is 1.11 bits per heavy atom. The van der Waals surface area contributed by atoms with Crippen LogP contribution in [-0.4, -0.2) is 0 Å². The summed E-state index contributed by atoms with van der Waals surface area (Å²) >= 11 is 1.54. The van der Waals surface area contributed by atoms with Gasteiger partial charge in [-0.25, -0.2) is 3.17 Å². The van der Waals surface area contributed by atoms with Gasteiger partial charge in [0.15, 0.2) is 0 Å². The average molecular weight is 252 g/mol. The second-order valence-electron chi connectivity index (χ2n) is 0.649. The third kappa shape index (κ3) is 8.41. The lowest BCUT2D eigenvalue weighted by Crippen LogP contribution is -2.31. The monoisotopic (exact) mass is 252 g/mol. The summed E-state index contributed by atoms with van der Waals surface area (Å²) in [6.07, 6.45) is 0. The van der Waals surface area contributed by atoms with E-state index in [1.54, 1.807) is 28.6 Å². The highest BCUT2D eigenvalue weighted by Crippen LogP contribution is 1.74. The summed E-state index contributed by atoms with van der Waals surface area (Å²) in [6.45, 7) is 0. The molecule has 0 fully saturated rings. The van der Waals surface area contributed by atoms with Gasteiger partial charge < -0.3 is 0 Å². The van der Waals surface area contributed by atoms with E-state index in [0.717, 1.165) is 0 Å². The number of rotatable bonds is 6. The summed E-state index contributed by atoms with van der Waals surface area (Å²) in [5.74, 6) is 4.46.